The summed E-state index contributed by atoms with van der Waals surface area (Å²) in [5.41, 5.74) is 1.61. The standard InChI is InChI=1S/C10H9BrN2O2/c1-7-2-3-10(14)13(12-7)5-8-4-9(11)15-6-8/h2-4,6H,5H2,1H3. The van der Waals surface area contributed by atoms with Crippen molar-refractivity contribution in [1.82, 2.24) is 9.78 Å². The average molecular weight is 269 g/mol. The maximum Gasteiger partial charge on any atom is 0.267 e. The maximum atomic E-state index is 11.4. The predicted molar refractivity (Wildman–Crippen MR) is 58.7 cm³/mol. The van der Waals surface area contributed by atoms with E-state index in [-0.39, 0.29) is 5.56 Å². The van der Waals surface area contributed by atoms with Gasteiger partial charge >= 0.3 is 0 Å². The highest BCUT2D eigenvalue weighted by Crippen LogP contribution is 2.14. The summed E-state index contributed by atoms with van der Waals surface area (Å²) in [4.78, 5) is 11.4. The van der Waals surface area contributed by atoms with Crippen LogP contribution in [-0.4, -0.2) is 9.78 Å². The number of halogens is 1. The largest absolute Gasteiger partial charge is 0.457 e. The molecule has 0 fully saturated rings. The first kappa shape index (κ1) is 10.2. The van der Waals surface area contributed by atoms with Gasteiger partial charge in [0.15, 0.2) is 4.67 Å². The molecule has 0 N–H and O–H groups in total. The Morgan fingerprint density at radius 2 is 2.33 bits per heavy atom. The van der Waals surface area contributed by atoms with Crippen molar-refractivity contribution in [3.8, 4) is 0 Å². The van der Waals surface area contributed by atoms with E-state index < -0.39 is 0 Å². The molecule has 0 unspecified atom stereocenters. The Bertz CT molecular complexity index is 530. The normalized spacial score (nSPS) is 10.5. The van der Waals surface area contributed by atoms with Crippen molar-refractivity contribution < 1.29 is 4.42 Å². The van der Waals surface area contributed by atoms with Crippen LogP contribution in [0, 0.1) is 6.92 Å². The van der Waals surface area contributed by atoms with Gasteiger partial charge in [-0.2, -0.15) is 5.10 Å². The maximum absolute atomic E-state index is 11.4. The van der Waals surface area contributed by atoms with Crippen molar-refractivity contribution in [2.75, 3.05) is 0 Å². The minimum Gasteiger partial charge on any atom is -0.457 e. The fourth-order valence-electron chi connectivity index (χ4n) is 1.27. The quantitative estimate of drug-likeness (QED) is 0.837. The molecule has 0 saturated heterocycles. The Balaban J connectivity index is 2.31. The van der Waals surface area contributed by atoms with Crippen molar-refractivity contribution in [2.45, 2.75) is 13.5 Å². The Kier molecular flexibility index (Phi) is 2.73. The summed E-state index contributed by atoms with van der Waals surface area (Å²) in [7, 11) is 0. The summed E-state index contributed by atoms with van der Waals surface area (Å²) < 4.78 is 7.14. The monoisotopic (exact) mass is 268 g/mol. The van der Waals surface area contributed by atoms with Gasteiger partial charge in [-0.05, 0) is 35.0 Å². The van der Waals surface area contributed by atoms with Gasteiger partial charge in [0, 0.05) is 11.6 Å². The van der Waals surface area contributed by atoms with Gasteiger partial charge in [0.1, 0.15) is 0 Å². The molecular weight excluding hydrogens is 260 g/mol. The minimum atomic E-state index is -0.113. The zero-order valence-corrected chi connectivity index (χ0v) is 9.69. The third kappa shape index (κ3) is 2.36. The molecule has 5 heteroatoms. The molecule has 2 heterocycles. The molecule has 0 spiro atoms. The summed E-state index contributed by atoms with van der Waals surface area (Å²) in [6.07, 6.45) is 1.60. The van der Waals surface area contributed by atoms with Crippen LogP contribution in [-0.2, 0) is 6.54 Å². The zero-order valence-electron chi connectivity index (χ0n) is 8.11. The van der Waals surface area contributed by atoms with E-state index in [9.17, 15) is 4.79 Å². The van der Waals surface area contributed by atoms with Crippen molar-refractivity contribution in [3.63, 3.8) is 0 Å². The lowest BCUT2D eigenvalue weighted by atomic mass is 10.3. The molecule has 0 aliphatic rings. The Morgan fingerprint density at radius 3 is 3.00 bits per heavy atom. The first-order valence-electron chi connectivity index (χ1n) is 4.43. The fraction of sp³-hybridized carbons (Fsp3) is 0.200. The molecule has 2 aromatic rings. The number of nitrogens with zero attached hydrogens (tertiary/aromatic N) is 2. The summed E-state index contributed by atoms with van der Waals surface area (Å²) >= 11 is 3.20. The van der Waals surface area contributed by atoms with Gasteiger partial charge in [0.25, 0.3) is 5.56 Å². The van der Waals surface area contributed by atoms with Gasteiger partial charge in [-0.3, -0.25) is 4.79 Å². The molecule has 2 rings (SSSR count). The van der Waals surface area contributed by atoms with Crippen molar-refractivity contribution in [2.24, 2.45) is 0 Å². The summed E-state index contributed by atoms with van der Waals surface area (Å²) in [6.45, 7) is 2.27. The zero-order chi connectivity index (χ0) is 10.8. The second-order valence-corrected chi connectivity index (χ2v) is 4.01. The van der Waals surface area contributed by atoms with E-state index in [1.54, 1.807) is 12.3 Å². The van der Waals surface area contributed by atoms with Crippen LogP contribution in [0.15, 0.2) is 38.3 Å². The molecule has 0 amide bonds. The minimum absolute atomic E-state index is 0.113. The SMILES string of the molecule is Cc1ccc(=O)n(Cc2coc(Br)c2)n1. The van der Waals surface area contributed by atoms with Gasteiger partial charge in [-0.25, -0.2) is 4.68 Å². The predicted octanol–water partition coefficient (Wildman–Crippen LogP) is 1.96. The number of rotatable bonds is 2. The molecule has 0 bridgehead atoms. The van der Waals surface area contributed by atoms with Crippen LogP contribution in [0.2, 0.25) is 0 Å². The third-order valence-electron chi connectivity index (χ3n) is 1.95. The molecule has 2 aromatic heterocycles. The lowest BCUT2D eigenvalue weighted by Crippen LogP contribution is -2.22. The molecule has 0 radical (unpaired) electrons. The van der Waals surface area contributed by atoms with Crippen LogP contribution in [0.25, 0.3) is 0 Å². The van der Waals surface area contributed by atoms with E-state index in [0.29, 0.717) is 11.2 Å². The molecule has 4 nitrogen and oxygen atoms in total. The van der Waals surface area contributed by atoms with Gasteiger partial charge < -0.3 is 4.42 Å². The van der Waals surface area contributed by atoms with E-state index in [4.69, 9.17) is 4.42 Å². The Morgan fingerprint density at radius 1 is 1.53 bits per heavy atom. The highest BCUT2D eigenvalue weighted by atomic mass is 79.9. The van der Waals surface area contributed by atoms with Gasteiger partial charge in [0.2, 0.25) is 0 Å². The van der Waals surface area contributed by atoms with Gasteiger partial charge in [0.05, 0.1) is 18.5 Å². The molecule has 0 saturated carbocycles. The number of aromatic nitrogens is 2. The molecule has 15 heavy (non-hydrogen) atoms. The molecule has 0 atom stereocenters. The Labute approximate surface area is 94.7 Å². The first-order valence-corrected chi connectivity index (χ1v) is 5.22. The lowest BCUT2D eigenvalue weighted by Gasteiger charge is -2.02. The fourth-order valence-corrected chi connectivity index (χ4v) is 1.65. The van der Waals surface area contributed by atoms with E-state index in [1.807, 2.05) is 13.0 Å². The van der Waals surface area contributed by atoms with Crippen LogP contribution >= 0.6 is 15.9 Å². The second-order valence-electron chi connectivity index (χ2n) is 3.23. The molecule has 78 valence electrons. The summed E-state index contributed by atoms with van der Waals surface area (Å²) in [6, 6.07) is 5.03. The van der Waals surface area contributed by atoms with E-state index in [2.05, 4.69) is 21.0 Å². The Hall–Kier alpha value is -1.36. The molecule has 0 aromatic carbocycles. The van der Waals surface area contributed by atoms with Crippen LogP contribution in [0.5, 0.6) is 0 Å². The van der Waals surface area contributed by atoms with Crippen molar-refractivity contribution in [3.05, 3.63) is 50.7 Å². The number of furan rings is 1. The number of aryl methyl sites for hydroxylation is 1. The van der Waals surface area contributed by atoms with Crippen molar-refractivity contribution in [1.29, 1.82) is 0 Å². The average Bonchev–Trinajstić information content (AvgIpc) is 2.58. The lowest BCUT2D eigenvalue weighted by molar-refractivity contribution is 0.534. The summed E-state index contributed by atoms with van der Waals surface area (Å²) in [5.74, 6) is 0. The second kappa shape index (κ2) is 4.02. The highest BCUT2D eigenvalue weighted by Gasteiger charge is 2.02. The summed E-state index contributed by atoms with van der Waals surface area (Å²) in [5, 5.41) is 4.12. The van der Waals surface area contributed by atoms with E-state index in [0.717, 1.165) is 11.3 Å². The topological polar surface area (TPSA) is 48.0 Å². The third-order valence-corrected chi connectivity index (χ3v) is 2.37. The number of hydrogen-bond acceptors (Lipinski definition) is 3. The van der Waals surface area contributed by atoms with Crippen LogP contribution < -0.4 is 5.56 Å². The van der Waals surface area contributed by atoms with Crippen LogP contribution in [0.1, 0.15) is 11.3 Å². The highest BCUT2D eigenvalue weighted by molar-refractivity contribution is 9.10. The van der Waals surface area contributed by atoms with Crippen LogP contribution in [0.4, 0.5) is 0 Å². The molecular formula is C10H9BrN2O2. The van der Waals surface area contributed by atoms with E-state index in [1.165, 1.54) is 10.7 Å². The number of hydrogen-bond donors (Lipinski definition) is 0. The van der Waals surface area contributed by atoms with Crippen LogP contribution in [0.3, 0.4) is 0 Å². The van der Waals surface area contributed by atoms with Crippen molar-refractivity contribution >= 4 is 15.9 Å². The molecule has 0 aliphatic heterocycles. The van der Waals surface area contributed by atoms with Gasteiger partial charge in [-0.15, -0.1) is 0 Å². The van der Waals surface area contributed by atoms with Gasteiger partial charge in [-0.1, -0.05) is 0 Å². The first-order chi connectivity index (χ1) is 7.15. The molecule has 0 aliphatic carbocycles. The smallest absolute Gasteiger partial charge is 0.267 e. The van der Waals surface area contributed by atoms with E-state index >= 15 is 0 Å².